The number of halogens is 1. The number of hydrogen-bond donors (Lipinski definition) is 0. The molecule has 1 atom stereocenters. The average Bonchev–Trinajstić information content (AvgIpc) is 2.18. The number of carbonyl (C=O) groups is 1. The van der Waals surface area contributed by atoms with E-state index in [1.807, 2.05) is 38.1 Å². The molecule has 0 aliphatic heterocycles. The molecule has 1 nitrogen and oxygen atoms in total. The summed E-state index contributed by atoms with van der Waals surface area (Å²) in [5.74, 6) is 0.324. The number of carbonyl (C=O) groups excluding carboxylic acids is 1. The van der Waals surface area contributed by atoms with Crippen molar-refractivity contribution in [2.24, 2.45) is 0 Å². The van der Waals surface area contributed by atoms with Crippen LogP contribution in [0, 0.1) is 0 Å². The van der Waals surface area contributed by atoms with Crippen LogP contribution in [-0.2, 0) is 4.79 Å². The molecule has 0 radical (unpaired) electrons. The summed E-state index contributed by atoms with van der Waals surface area (Å²) in [6.45, 7) is 4.00. The van der Waals surface area contributed by atoms with E-state index in [2.05, 4.69) is 15.9 Å². The summed E-state index contributed by atoms with van der Waals surface area (Å²) >= 11 is 3.46. The van der Waals surface area contributed by atoms with Crippen LogP contribution in [0.2, 0.25) is 0 Å². The molecule has 0 aromatic heterocycles. The van der Waals surface area contributed by atoms with Crippen molar-refractivity contribution in [3.63, 3.8) is 0 Å². The lowest BCUT2D eigenvalue weighted by Crippen LogP contribution is -2.08. The predicted octanol–water partition coefficient (Wildman–Crippen LogP) is 3.92. The van der Waals surface area contributed by atoms with Gasteiger partial charge in [-0.1, -0.05) is 48.0 Å². The Morgan fingerprint density at radius 3 is 2.64 bits per heavy atom. The number of benzene rings is 1. The van der Waals surface area contributed by atoms with Gasteiger partial charge in [-0.3, -0.25) is 4.79 Å². The summed E-state index contributed by atoms with van der Waals surface area (Å²) in [7, 11) is 0. The third-order valence-corrected chi connectivity index (χ3v) is 3.07. The molecule has 0 aliphatic carbocycles. The monoisotopic (exact) mass is 254 g/mol. The van der Waals surface area contributed by atoms with Gasteiger partial charge in [-0.25, -0.2) is 0 Å². The van der Waals surface area contributed by atoms with Gasteiger partial charge in [0.25, 0.3) is 0 Å². The maximum absolute atomic E-state index is 11.7. The molecule has 0 heterocycles. The smallest absolute Gasteiger partial charge is 0.140 e. The second-order valence-corrected chi connectivity index (χ2v) is 4.31. The maximum Gasteiger partial charge on any atom is 0.140 e. The standard InChI is InChI=1S/C12H15BrO/c1-3-6-12(14)9(2)10-7-4-5-8-11(10)13/h4-5,7-9H,3,6H2,1-2H3. The molecule has 1 aromatic rings. The number of hydrogen-bond acceptors (Lipinski definition) is 1. The van der Waals surface area contributed by atoms with Gasteiger partial charge in [0, 0.05) is 16.8 Å². The SMILES string of the molecule is CCCC(=O)C(C)c1ccccc1Br. The molecule has 0 N–H and O–H groups in total. The highest BCUT2D eigenvalue weighted by atomic mass is 79.9. The molecule has 0 amide bonds. The zero-order valence-electron chi connectivity index (χ0n) is 8.59. The van der Waals surface area contributed by atoms with E-state index >= 15 is 0 Å². The van der Waals surface area contributed by atoms with Crippen molar-refractivity contribution in [3.8, 4) is 0 Å². The molecule has 0 bridgehead atoms. The van der Waals surface area contributed by atoms with E-state index in [1.54, 1.807) is 0 Å². The van der Waals surface area contributed by atoms with Gasteiger partial charge in [0.1, 0.15) is 5.78 Å². The van der Waals surface area contributed by atoms with Crippen LogP contribution < -0.4 is 0 Å². The van der Waals surface area contributed by atoms with Crippen molar-refractivity contribution in [1.29, 1.82) is 0 Å². The molecule has 1 unspecified atom stereocenters. The molecule has 1 aromatic carbocycles. The highest BCUT2D eigenvalue weighted by Gasteiger charge is 2.15. The Bertz CT molecular complexity index is 320. The predicted molar refractivity (Wildman–Crippen MR) is 62.5 cm³/mol. The van der Waals surface area contributed by atoms with E-state index in [4.69, 9.17) is 0 Å². The third-order valence-electron chi connectivity index (χ3n) is 2.35. The van der Waals surface area contributed by atoms with Crippen LogP contribution in [0.3, 0.4) is 0 Å². The third kappa shape index (κ3) is 2.68. The number of rotatable bonds is 4. The molecule has 1 rings (SSSR count). The van der Waals surface area contributed by atoms with Crippen LogP contribution in [0.5, 0.6) is 0 Å². The first-order valence-electron chi connectivity index (χ1n) is 4.94. The summed E-state index contributed by atoms with van der Waals surface area (Å²) in [5, 5.41) is 0. The van der Waals surface area contributed by atoms with E-state index in [-0.39, 0.29) is 5.92 Å². The van der Waals surface area contributed by atoms with Crippen molar-refractivity contribution in [1.82, 2.24) is 0 Å². The van der Waals surface area contributed by atoms with Gasteiger partial charge < -0.3 is 0 Å². The topological polar surface area (TPSA) is 17.1 Å². The number of Topliss-reactive ketones (excluding diaryl/α,β-unsaturated/α-hetero) is 1. The normalized spacial score (nSPS) is 12.5. The van der Waals surface area contributed by atoms with Crippen molar-refractivity contribution in [3.05, 3.63) is 34.3 Å². The fourth-order valence-electron chi connectivity index (χ4n) is 1.46. The molecule has 0 fully saturated rings. The van der Waals surface area contributed by atoms with Gasteiger partial charge in [0.2, 0.25) is 0 Å². The fraction of sp³-hybridized carbons (Fsp3) is 0.417. The van der Waals surface area contributed by atoms with Crippen LogP contribution in [0.4, 0.5) is 0 Å². The average molecular weight is 255 g/mol. The second kappa shape index (κ2) is 5.30. The molecule has 0 saturated heterocycles. The highest BCUT2D eigenvalue weighted by Crippen LogP contribution is 2.26. The second-order valence-electron chi connectivity index (χ2n) is 3.46. The Kier molecular flexibility index (Phi) is 4.33. The summed E-state index contributed by atoms with van der Waals surface area (Å²) in [6.07, 6.45) is 1.59. The summed E-state index contributed by atoms with van der Waals surface area (Å²) < 4.78 is 1.02. The molecular formula is C12H15BrO. The van der Waals surface area contributed by atoms with Gasteiger partial charge in [-0.2, -0.15) is 0 Å². The minimum Gasteiger partial charge on any atom is -0.299 e. The van der Waals surface area contributed by atoms with Gasteiger partial charge >= 0.3 is 0 Å². The molecule has 0 aliphatic rings. The van der Waals surface area contributed by atoms with E-state index in [1.165, 1.54) is 0 Å². The lowest BCUT2D eigenvalue weighted by atomic mass is 9.94. The molecule has 2 heteroatoms. The maximum atomic E-state index is 11.7. The minimum absolute atomic E-state index is 0.00512. The van der Waals surface area contributed by atoms with Crippen molar-refractivity contribution in [2.45, 2.75) is 32.6 Å². The molecular weight excluding hydrogens is 240 g/mol. The van der Waals surface area contributed by atoms with E-state index in [0.29, 0.717) is 12.2 Å². The quantitative estimate of drug-likeness (QED) is 0.796. The molecule has 0 spiro atoms. The van der Waals surface area contributed by atoms with Crippen LogP contribution in [0.1, 0.15) is 38.2 Å². The van der Waals surface area contributed by atoms with Crippen molar-refractivity contribution < 1.29 is 4.79 Å². The molecule has 0 saturated carbocycles. The van der Waals surface area contributed by atoms with Crippen LogP contribution in [0.25, 0.3) is 0 Å². The zero-order chi connectivity index (χ0) is 10.6. The first kappa shape index (κ1) is 11.4. The van der Waals surface area contributed by atoms with Crippen molar-refractivity contribution in [2.75, 3.05) is 0 Å². The van der Waals surface area contributed by atoms with Crippen LogP contribution in [-0.4, -0.2) is 5.78 Å². The van der Waals surface area contributed by atoms with E-state index in [9.17, 15) is 4.79 Å². The Labute approximate surface area is 93.7 Å². The summed E-state index contributed by atoms with van der Waals surface area (Å²) in [5.41, 5.74) is 1.09. The van der Waals surface area contributed by atoms with Gasteiger partial charge in [0.05, 0.1) is 0 Å². The largest absolute Gasteiger partial charge is 0.299 e. The Balaban J connectivity index is 2.84. The first-order valence-corrected chi connectivity index (χ1v) is 5.73. The van der Waals surface area contributed by atoms with Crippen molar-refractivity contribution >= 4 is 21.7 Å². The lowest BCUT2D eigenvalue weighted by Gasteiger charge is -2.11. The Morgan fingerprint density at radius 1 is 1.43 bits per heavy atom. The Hall–Kier alpha value is -0.630. The fourth-order valence-corrected chi connectivity index (χ4v) is 2.09. The molecule has 76 valence electrons. The zero-order valence-corrected chi connectivity index (χ0v) is 10.2. The summed E-state index contributed by atoms with van der Waals surface area (Å²) in [4.78, 5) is 11.7. The first-order chi connectivity index (χ1) is 6.66. The summed E-state index contributed by atoms with van der Waals surface area (Å²) in [6, 6.07) is 7.91. The van der Waals surface area contributed by atoms with E-state index in [0.717, 1.165) is 16.5 Å². The van der Waals surface area contributed by atoms with Crippen LogP contribution >= 0.6 is 15.9 Å². The van der Waals surface area contributed by atoms with Crippen LogP contribution in [0.15, 0.2) is 28.7 Å². The lowest BCUT2D eigenvalue weighted by molar-refractivity contribution is -0.120. The molecule has 14 heavy (non-hydrogen) atoms. The van der Waals surface area contributed by atoms with Gasteiger partial charge in [-0.05, 0) is 18.1 Å². The van der Waals surface area contributed by atoms with Gasteiger partial charge in [0.15, 0.2) is 0 Å². The highest BCUT2D eigenvalue weighted by molar-refractivity contribution is 9.10. The number of ketones is 1. The van der Waals surface area contributed by atoms with E-state index < -0.39 is 0 Å². The van der Waals surface area contributed by atoms with Gasteiger partial charge in [-0.15, -0.1) is 0 Å². The Morgan fingerprint density at radius 2 is 2.07 bits per heavy atom. The minimum atomic E-state index is 0.00512.